The molecule has 0 radical (unpaired) electrons. The van der Waals surface area contributed by atoms with Crippen molar-refractivity contribution < 1.29 is 23.9 Å². The van der Waals surface area contributed by atoms with Gasteiger partial charge >= 0.3 is 5.97 Å². The van der Waals surface area contributed by atoms with E-state index < -0.39 is 23.7 Å². The van der Waals surface area contributed by atoms with Crippen LogP contribution in [-0.2, 0) is 9.53 Å². The summed E-state index contributed by atoms with van der Waals surface area (Å²) in [6.07, 6.45) is 0. The summed E-state index contributed by atoms with van der Waals surface area (Å²) in [5.74, 6) is -2.63. The van der Waals surface area contributed by atoms with Gasteiger partial charge < -0.3 is 26.5 Å². The minimum atomic E-state index is -0.958. The van der Waals surface area contributed by atoms with Crippen molar-refractivity contribution in [2.75, 3.05) is 18.1 Å². The fourth-order valence-corrected chi connectivity index (χ4v) is 4.29. The number of hydrogen-bond donors (Lipinski definition) is 4. The summed E-state index contributed by atoms with van der Waals surface area (Å²) in [6, 6.07) is 6.47. The van der Waals surface area contributed by atoms with Crippen LogP contribution in [0.5, 0.6) is 0 Å². The molecular formula is C20H22ClN5O5S2. The van der Waals surface area contributed by atoms with Crippen LogP contribution >= 0.6 is 35.1 Å². The molecule has 6 N–H and O–H groups in total. The number of benzene rings is 1. The van der Waals surface area contributed by atoms with Gasteiger partial charge in [0.1, 0.15) is 5.82 Å². The zero-order valence-electron chi connectivity index (χ0n) is 17.8. The molecule has 1 aromatic carbocycles. The fourth-order valence-electron chi connectivity index (χ4n) is 2.61. The van der Waals surface area contributed by atoms with Gasteiger partial charge in [-0.25, -0.2) is 4.99 Å². The topological polar surface area (TPSA) is 170 Å². The predicted octanol–water partition coefficient (Wildman–Crippen LogP) is 2.69. The number of thioether (sulfide) groups is 2. The first-order valence-electron chi connectivity index (χ1n) is 9.60. The number of aliphatic imine (C=N–C) groups is 1. The van der Waals surface area contributed by atoms with E-state index in [0.29, 0.717) is 5.75 Å². The molecule has 1 heterocycles. The van der Waals surface area contributed by atoms with Gasteiger partial charge in [-0.05, 0) is 24.8 Å². The standard InChI is InChI=1S/C20H22ClN5O5S2/c1-3-31-12(27)9-33-19-14(16(23)29)13(15(22)28)17(24-19)25-20(32-4-2)26-18(30)10-7-5-6-8-11(10)21/h5-8,24H,3-4,9H2,1-2H3,(H2,22,28)(H2,23,29)(H,25,26,30). The number of aromatic nitrogens is 1. The van der Waals surface area contributed by atoms with Crippen LogP contribution in [0.1, 0.15) is 44.9 Å². The second-order valence-corrected chi connectivity index (χ2v) is 8.80. The first-order chi connectivity index (χ1) is 15.7. The molecule has 0 saturated carbocycles. The lowest BCUT2D eigenvalue weighted by molar-refractivity contribution is -0.139. The zero-order valence-corrected chi connectivity index (χ0v) is 20.2. The number of aromatic amines is 1. The highest BCUT2D eigenvalue weighted by molar-refractivity contribution is 8.13. The molecule has 0 spiro atoms. The zero-order chi connectivity index (χ0) is 24.5. The third-order valence-electron chi connectivity index (χ3n) is 3.91. The molecule has 0 saturated heterocycles. The third kappa shape index (κ3) is 7.01. The maximum atomic E-state index is 12.7. The van der Waals surface area contributed by atoms with Gasteiger partial charge in [-0.3, -0.25) is 19.2 Å². The number of nitrogens with two attached hydrogens (primary N) is 2. The van der Waals surface area contributed by atoms with Gasteiger partial charge in [0, 0.05) is 0 Å². The maximum absolute atomic E-state index is 12.7. The van der Waals surface area contributed by atoms with E-state index in [0.717, 1.165) is 11.8 Å². The molecule has 0 unspecified atom stereocenters. The lowest BCUT2D eigenvalue weighted by Gasteiger charge is -2.08. The van der Waals surface area contributed by atoms with Crippen LogP contribution < -0.4 is 16.8 Å². The minimum absolute atomic E-state index is 0.0851. The van der Waals surface area contributed by atoms with Gasteiger partial charge in [0.15, 0.2) is 5.17 Å². The van der Waals surface area contributed by atoms with Crippen LogP contribution in [0.4, 0.5) is 5.82 Å². The highest BCUT2D eigenvalue weighted by Crippen LogP contribution is 2.32. The van der Waals surface area contributed by atoms with Crippen LogP contribution in [0, 0.1) is 0 Å². The van der Waals surface area contributed by atoms with Crippen LogP contribution in [0.25, 0.3) is 0 Å². The summed E-state index contributed by atoms with van der Waals surface area (Å²) >= 11 is 8.17. The number of carbonyl (C=O) groups excluding carboxylic acids is 4. The normalized spacial score (nSPS) is 11.2. The number of carbonyl (C=O) groups is 4. The molecule has 0 fully saturated rings. The van der Waals surface area contributed by atoms with E-state index in [-0.39, 0.29) is 50.1 Å². The smallest absolute Gasteiger partial charge is 0.316 e. The predicted molar refractivity (Wildman–Crippen MR) is 129 cm³/mol. The molecule has 0 aliphatic heterocycles. The fraction of sp³-hybridized carbons (Fsp3) is 0.250. The van der Waals surface area contributed by atoms with Crippen LogP contribution in [-0.4, -0.2) is 52.0 Å². The summed E-state index contributed by atoms with van der Waals surface area (Å²) in [4.78, 5) is 55.7. The lowest BCUT2D eigenvalue weighted by atomic mass is 10.1. The number of amidine groups is 1. The number of ether oxygens (including phenoxy) is 1. The van der Waals surface area contributed by atoms with Crippen molar-refractivity contribution in [3.05, 3.63) is 46.0 Å². The van der Waals surface area contributed by atoms with Gasteiger partial charge in [-0.2, -0.15) is 0 Å². The molecule has 1 aromatic heterocycles. The van der Waals surface area contributed by atoms with Crippen molar-refractivity contribution in [3.63, 3.8) is 0 Å². The Morgan fingerprint density at radius 1 is 1.12 bits per heavy atom. The maximum Gasteiger partial charge on any atom is 0.316 e. The largest absolute Gasteiger partial charge is 0.465 e. The molecule has 2 rings (SSSR count). The van der Waals surface area contributed by atoms with E-state index in [1.807, 2.05) is 6.92 Å². The van der Waals surface area contributed by atoms with Gasteiger partial charge in [-0.1, -0.05) is 54.2 Å². The van der Waals surface area contributed by atoms with Gasteiger partial charge in [0.2, 0.25) is 0 Å². The van der Waals surface area contributed by atoms with Crippen molar-refractivity contribution in [1.29, 1.82) is 0 Å². The highest BCUT2D eigenvalue weighted by atomic mass is 35.5. The Bertz CT molecular complexity index is 1100. The Balaban J connectivity index is 2.47. The second-order valence-electron chi connectivity index (χ2n) is 6.16. The molecule has 0 atom stereocenters. The first kappa shape index (κ1) is 26.3. The Hall–Kier alpha value is -2.96. The number of halogens is 1. The molecule has 13 heteroatoms. The summed E-state index contributed by atoms with van der Waals surface area (Å²) in [7, 11) is 0. The number of hydrogen-bond acceptors (Lipinski definition) is 8. The average molecular weight is 512 g/mol. The first-order valence-corrected chi connectivity index (χ1v) is 12.0. The highest BCUT2D eigenvalue weighted by Gasteiger charge is 2.27. The molecule has 0 aliphatic carbocycles. The average Bonchev–Trinajstić information content (AvgIpc) is 3.11. The van der Waals surface area contributed by atoms with Crippen LogP contribution in [0.15, 0.2) is 34.3 Å². The number of rotatable bonds is 9. The van der Waals surface area contributed by atoms with Crippen molar-refractivity contribution in [3.8, 4) is 0 Å². The Morgan fingerprint density at radius 3 is 2.36 bits per heavy atom. The van der Waals surface area contributed by atoms with Gasteiger partial charge in [-0.15, -0.1) is 0 Å². The number of amides is 3. The summed E-state index contributed by atoms with van der Waals surface area (Å²) in [6.45, 7) is 3.69. The van der Waals surface area contributed by atoms with E-state index in [1.54, 1.807) is 31.2 Å². The Kier molecular flexibility index (Phi) is 9.82. The summed E-state index contributed by atoms with van der Waals surface area (Å²) < 4.78 is 4.87. The molecule has 0 bridgehead atoms. The third-order valence-corrected chi connectivity index (χ3v) is 5.97. The number of esters is 1. The molecule has 2 aromatic rings. The number of H-pyrrole nitrogens is 1. The summed E-state index contributed by atoms with van der Waals surface area (Å²) in [5.41, 5.74) is 10.7. The van der Waals surface area contributed by atoms with Gasteiger partial charge in [0.25, 0.3) is 17.7 Å². The van der Waals surface area contributed by atoms with Crippen LogP contribution in [0.3, 0.4) is 0 Å². The number of nitrogens with zero attached hydrogens (tertiary/aromatic N) is 1. The van der Waals surface area contributed by atoms with Crippen molar-refractivity contribution in [2.45, 2.75) is 18.9 Å². The monoisotopic (exact) mass is 511 g/mol. The second kappa shape index (κ2) is 12.3. The van der Waals surface area contributed by atoms with E-state index >= 15 is 0 Å². The minimum Gasteiger partial charge on any atom is -0.465 e. The molecule has 0 aliphatic rings. The molecular weight excluding hydrogens is 490 g/mol. The van der Waals surface area contributed by atoms with Crippen molar-refractivity contribution in [1.82, 2.24) is 10.3 Å². The number of primary amides is 2. The number of nitrogens with one attached hydrogen (secondary N) is 2. The van der Waals surface area contributed by atoms with Crippen LogP contribution in [0.2, 0.25) is 5.02 Å². The SMILES string of the molecule is CCOC(=O)CSc1[nH]c(/N=C(/NC(=O)c2ccccc2Cl)SCC)c(C(N)=O)c1C(N)=O. The quantitative estimate of drug-likeness (QED) is 0.173. The van der Waals surface area contributed by atoms with E-state index in [9.17, 15) is 19.2 Å². The Morgan fingerprint density at radius 2 is 1.79 bits per heavy atom. The van der Waals surface area contributed by atoms with Crippen molar-refractivity contribution in [2.24, 2.45) is 16.5 Å². The van der Waals surface area contributed by atoms with Crippen molar-refractivity contribution >= 4 is 69.8 Å². The molecule has 3 amide bonds. The molecule has 33 heavy (non-hydrogen) atoms. The lowest BCUT2D eigenvalue weighted by Crippen LogP contribution is -2.29. The molecule has 176 valence electrons. The van der Waals surface area contributed by atoms with E-state index in [4.69, 9.17) is 27.8 Å². The summed E-state index contributed by atoms with van der Waals surface area (Å²) in [5, 5.41) is 3.14. The van der Waals surface area contributed by atoms with E-state index in [1.165, 1.54) is 11.8 Å². The Labute approximate surface area is 203 Å². The van der Waals surface area contributed by atoms with Gasteiger partial charge in [0.05, 0.1) is 39.1 Å². The molecule has 10 nitrogen and oxygen atoms in total. The van der Waals surface area contributed by atoms with E-state index in [2.05, 4.69) is 15.3 Å².